The van der Waals surface area contributed by atoms with Gasteiger partial charge in [-0.3, -0.25) is 19.4 Å². The Labute approximate surface area is 144 Å². The SMILES string of the molecule is CN(CCN1C(=O)c2ccccc2C1=O)Cc1nc2c(s1)CCC2. The van der Waals surface area contributed by atoms with Crippen LogP contribution >= 0.6 is 11.3 Å². The molecule has 6 heteroatoms. The Balaban J connectivity index is 1.36. The summed E-state index contributed by atoms with van der Waals surface area (Å²) in [5.74, 6) is -0.366. The van der Waals surface area contributed by atoms with Gasteiger partial charge in [-0.2, -0.15) is 0 Å². The Morgan fingerprint density at radius 1 is 1.17 bits per heavy atom. The molecule has 2 heterocycles. The molecule has 0 unspecified atom stereocenters. The van der Waals surface area contributed by atoms with Crippen LogP contribution in [0.3, 0.4) is 0 Å². The van der Waals surface area contributed by atoms with Gasteiger partial charge in [0, 0.05) is 18.0 Å². The highest BCUT2D eigenvalue weighted by atomic mass is 32.1. The number of rotatable bonds is 5. The molecule has 4 rings (SSSR count). The summed E-state index contributed by atoms with van der Waals surface area (Å²) in [6.45, 7) is 1.82. The Morgan fingerprint density at radius 2 is 1.88 bits per heavy atom. The van der Waals surface area contributed by atoms with E-state index in [1.807, 2.05) is 7.05 Å². The van der Waals surface area contributed by atoms with Crippen molar-refractivity contribution in [3.05, 3.63) is 51.0 Å². The van der Waals surface area contributed by atoms with Crippen LogP contribution < -0.4 is 0 Å². The third kappa shape index (κ3) is 2.65. The lowest BCUT2D eigenvalue weighted by Crippen LogP contribution is -2.36. The Hall–Kier alpha value is -2.05. The highest BCUT2D eigenvalue weighted by Gasteiger charge is 2.34. The summed E-state index contributed by atoms with van der Waals surface area (Å²) in [4.78, 5) is 34.3. The van der Waals surface area contributed by atoms with E-state index in [1.165, 1.54) is 21.9 Å². The average molecular weight is 341 g/mol. The maximum absolute atomic E-state index is 12.3. The van der Waals surface area contributed by atoms with Crippen LogP contribution in [0.4, 0.5) is 0 Å². The van der Waals surface area contributed by atoms with Crippen molar-refractivity contribution in [3.8, 4) is 0 Å². The minimum absolute atomic E-state index is 0.183. The molecule has 1 aromatic carbocycles. The van der Waals surface area contributed by atoms with E-state index < -0.39 is 0 Å². The first-order chi connectivity index (χ1) is 11.6. The molecular weight excluding hydrogens is 322 g/mol. The number of aromatic nitrogens is 1. The number of hydrogen-bond acceptors (Lipinski definition) is 5. The predicted octanol–water partition coefficient (Wildman–Crippen LogP) is 2.36. The molecule has 2 amide bonds. The van der Waals surface area contributed by atoms with Gasteiger partial charge in [0.15, 0.2) is 0 Å². The number of benzene rings is 1. The van der Waals surface area contributed by atoms with Gasteiger partial charge >= 0.3 is 0 Å². The molecule has 0 N–H and O–H groups in total. The number of amides is 2. The molecule has 124 valence electrons. The Bertz CT molecular complexity index is 758. The van der Waals surface area contributed by atoms with Gasteiger partial charge < -0.3 is 0 Å². The van der Waals surface area contributed by atoms with E-state index in [1.54, 1.807) is 35.6 Å². The number of hydrogen-bond donors (Lipinski definition) is 0. The van der Waals surface area contributed by atoms with Gasteiger partial charge in [-0.05, 0) is 38.4 Å². The zero-order valence-electron chi connectivity index (χ0n) is 13.6. The van der Waals surface area contributed by atoms with Crippen molar-refractivity contribution in [2.24, 2.45) is 0 Å². The first-order valence-corrected chi connectivity index (χ1v) is 9.06. The van der Waals surface area contributed by atoms with E-state index >= 15 is 0 Å². The molecule has 2 aliphatic rings. The predicted molar refractivity (Wildman–Crippen MR) is 92.3 cm³/mol. The zero-order chi connectivity index (χ0) is 16.7. The summed E-state index contributed by atoms with van der Waals surface area (Å²) in [6.07, 6.45) is 3.49. The van der Waals surface area contributed by atoms with Gasteiger partial charge in [-0.15, -0.1) is 11.3 Å². The number of carbonyl (C=O) groups excluding carboxylic acids is 2. The summed E-state index contributed by atoms with van der Waals surface area (Å²) >= 11 is 1.80. The molecule has 1 aliphatic carbocycles. The van der Waals surface area contributed by atoms with E-state index in [4.69, 9.17) is 4.98 Å². The molecule has 0 fully saturated rings. The summed E-state index contributed by atoms with van der Waals surface area (Å²) < 4.78 is 0. The van der Waals surface area contributed by atoms with Gasteiger partial charge in [0.2, 0.25) is 0 Å². The molecule has 0 radical (unpaired) electrons. The minimum Gasteiger partial charge on any atom is -0.298 e. The van der Waals surface area contributed by atoms with Crippen LogP contribution in [-0.2, 0) is 19.4 Å². The molecule has 1 aliphatic heterocycles. The monoisotopic (exact) mass is 341 g/mol. The lowest BCUT2D eigenvalue weighted by molar-refractivity contribution is 0.0640. The molecule has 0 saturated heterocycles. The molecule has 0 bridgehead atoms. The molecule has 0 saturated carbocycles. The molecule has 0 spiro atoms. The fourth-order valence-electron chi connectivity index (χ4n) is 3.33. The van der Waals surface area contributed by atoms with Crippen LogP contribution in [0.15, 0.2) is 24.3 Å². The normalized spacial score (nSPS) is 16.2. The van der Waals surface area contributed by atoms with E-state index in [-0.39, 0.29) is 11.8 Å². The van der Waals surface area contributed by atoms with Crippen LogP contribution in [0.1, 0.15) is 42.7 Å². The van der Waals surface area contributed by atoms with Crippen molar-refractivity contribution in [2.45, 2.75) is 25.8 Å². The summed E-state index contributed by atoms with van der Waals surface area (Å²) in [7, 11) is 2.00. The summed E-state index contributed by atoms with van der Waals surface area (Å²) in [5, 5.41) is 1.13. The molecule has 24 heavy (non-hydrogen) atoms. The number of likely N-dealkylation sites (N-methyl/N-ethyl adjacent to an activating group) is 1. The largest absolute Gasteiger partial charge is 0.298 e. The van der Waals surface area contributed by atoms with Gasteiger partial charge in [-0.1, -0.05) is 12.1 Å². The topological polar surface area (TPSA) is 53.5 Å². The third-order valence-corrected chi connectivity index (χ3v) is 5.77. The Kier molecular flexibility index (Phi) is 3.94. The molecule has 1 aromatic heterocycles. The second-order valence-electron chi connectivity index (χ2n) is 6.38. The van der Waals surface area contributed by atoms with Crippen molar-refractivity contribution in [2.75, 3.05) is 20.1 Å². The van der Waals surface area contributed by atoms with Crippen LogP contribution in [-0.4, -0.2) is 46.7 Å². The maximum Gasteiger partial charge on any atom is 0.261 e. The Morgan fingerprint density at radius 3 is 2.54 bits per heavy atom. The van der Waals surface area contributed by atoms with Crippen molar-refractivity contribution >= 4 is 23.2 Å². The van der Waals surface area contributed by atoms with Gasteiger partial charge in [0.1, 0.15) is 5.01 Å². The number of nitrogens with zero attached hydrogens (tertiary/aromatic N) is 3. The van der Waals surface area contributed by atoms with Gasteiger partial charge in [0.25, 0.3) is 11.8 Å². The van der Waals surface area contributed by atoms with Crippen LogP contribution in [0.5, 0.6) is 0 Å². The van der Waals surface area contributed by atoms with E-state index in [0.29, 0.717) is 24.2 Å². The first kappa shape index (κ1) is 15.5. The quantitative estimate of drug-likeness (QED) is 0.784. The number of aryl methyl sites for hydroxylation is 2. The first-order valence-electron chi connectivity index (χ1n) is 8.24. The van der Waals surface area contributed by atoms with Gasteiger partial charge in [0.05, 0.1) is 23.4 Å². The second kappa shape index (κ2) is 6.11. The van der Waals surface area contributed by atoms with Crippen LogP contribution in [0.2, 0.25) is 0 Å². The molecule has 0 atom stereocenters. The number of imide groups is 1. The van der Waals surface area contributed by atoms with Gasteiger partial charge in [-0.25, -0.2) is 4.98 Å². The van der Waals surface area contributed by atoms with E-state index in [9.17, 15) is 9.59 Å². The second-order valence-corrected chi connectivity index (χ2v) is 7.54. The molecule has 2 aromatic rings. The smallest absolute Gasteiger partial charge is 0.261 e. The zero-order valence-corrected chi connectivity index (χ0v) is 14.4. The minimum atomic E-state index is -0.183. The molecular formula is C18H19N3O2S. The third-order valence-electron chi connectivity index (χ3n) is 4.63. The number of carbonyl (C=O) groups is 2. The summed E-state index contributed by atoms with van der Waals surface area (Å²) in [6, 6.07) is 7.02. The van der Waals surface area contributed by atoms with Crippen LogP contribution in [0.25, 0.3) is 0 Å². The van der Waals surface area contributed by atoms with Crippen molar-refractivity contribution in [3.63, 3.8) is 0 Å². The lowest BCUT2D eigenvalue weighted by atomic mass is 10.1. The van der Waals surface area contributed by atoms with E-state index in [0.717, 1.165) is 24.4 Å². The highest BCUT2D eigenvalue weighted by molar-refractivity contribution is 7.11. The van der Waals surface area contributed by atoms with E-state index in [2.05, 4.69) is 4.90 Å². The lowest BCUT2D eigenvalue weighted by Gasteiger charge is -2.19. The van der Waals surface area contributed by atoms with Crippen molar-refractivity contribution in [1.82, 2.24) is 14.8 Å². The fourth-order valence-corrected chi connectivity index (χ4v) is 4.57. The maximum atomic E-state index is 12.3. The highest BCUT2D eigenvalue weighted by Crippen LogP contribution is 2.28. The number of fused-ring (bicyclic) bond motifs is 2. The summed E-state index contributed by atoms with van der Waals surface area (Å²) in [5.41, 5.74) is 2.30. The number of thiazole rings is 1. The standard InChI is InChI=1S/C18H19N3O2S/c1-20(11-16-19-14-7-4-8-15(14)24-16)9-10-21-17(22)12-5-2-3-6-13(12)18(21)23/h2-3,5-6H,4,7-11H2,1H3. The van der Waals surface area contributed by atoms with Crippen LogP contribution in [0, 0.1) is 0 Å². The van der Waals surface area contributed by atoms with Crippen molar-refractivity contribution < 1.29 is 9.59 Å². The molecule has 5 nitrogen and oxygen atoms in total. The fraction of sp³-hybridized carbons (Fsp3) is 0.389. The van der Waals surface area contributed by atoms with Crippen molar-refractivity contribution in [1.29, 1.82) is 0 Å². The average Bonchev–Trinajstić information content (AvgIpc) is 3.21.